The van der Waals surface area contributed by atoms with Gasteiger partial charge in [0.15, 0.2) is 0 Å². The number of carbonyl (C=O) groups excluding carboxylic acids is 2. The number of halogens is 1. The highest BCUT2D eigenvalue weighted by molar-refractivity contribution is 5.99. The topological polar surface area (TPSA) is 97.6 Å². The molecule has 160 valence electrons. The van der Waals surface area contributed by atoms with Crippen molar-refractivity contribution < 1.29 is 23.1 Å². The number of nitrogens with one attached hydrogen (secondary N) is 2. The van der Waals surface area contributed by atoms with Crippen LogP contribution in [0.15, 0.2) is 58.3 Å². The first-order valence-corrected chi connectivity index (χ1v) is 9.45. The van der Waals surface area contributed by atoms with Crippen LogP contribution in [0, 0.1) is 12.7 Å². The van der Waals surface area contributed by atoms with Crippen molar-refractivity contribution in [1.29, 1.82) is 0 Å². The van der Waals surface area contributed by atoms with Crippen molar-refractivity contribution >= 4 is 34.2 Å². The van der Waals surface area contributed by atoms with Crippen LogP contribution in [0.5, 0.6) is 5.75 Å². The normalized spacial score (nSPS) is 10.5. The summed E-state index contributed by atoms with van der Waals surface area (Å²) in [5.41, 5.74) is 1.27. The first-order valence-electron chi connectivity index (χ1n) is 9.45. The number of hydrogen-bond donors (Lipinski definition) is 2. The van der Waals surface area contributed by atoms with Gasteiger partial charge >= 0.3 is 5.63 Å². The van der Waals surface area contributed by atoms with Crippen molar-refractivity contribution in [2.24, 2.45) is 0 Å². The van der Waals surface area contributed by atoms with E-state index in [1.165, 1.54) is 19.2 Å². The molecule has 0 radical (unpaired) electrons. The molecule has 3 rings (SSSR count). The summed E-state index contributed by atoms with van der Waals surface area (Å²) in [5, 5.41) is 5.72. The number of anilines is 2. The van der Waals surface area contributed by atoms with Gasteiger partial charge in [0.25, 0.3) is 0 Å². The highest BCUT2D eigenvalue weighted by Crippen LogP contribution is 2.25. The maximum absolute atomic E-state index is 13.8. The van der Waals surface area contributed by atoms with Gasteiger partial charge in [0.05, 0.1) is 12.8 Å². The van der Waals surface area contributed by atoms with Gasteiger partial charge in [-0.25, -0.2) is 9.18 Å². The number of benzene rings is 2. The van der Waals surface area contributed by atoms with Gasteiger partial charge in [0.1, 0.15) is 17.1 Å². The van der Waals surface area contributed by atoms with Gasteiger partial charge in [0, 0.05) is 29.1 Å². The third-order valence-corrected chi connectivity index (χ3v) is 4.79. The number of amides is 2. The minimum absolute atomic E-state index is 0.0129. The molecule has 2 N–H and O–H groups in total. The fourth-order valence-electron chi connectivity index (χ4n) is 3.14. The van der Waals surface area contributed by atoms with E-state index in [0.29, 0.717) is 22.6 Å². The van der Waals surface area contributed by atoms with Crippen molar-refractivity contribution in [2.45, 2.75) is 19.8 Å². The van der Waals surface area contributed by atoms with Crippen LogP contribution in [-0.2, 0) is 16.0 Å². The summed E-state index contributed by atoms with van der Waals surface area (Å²) in [7, 11) is 1.52. The molecule has 0 aliphatic heterocycles. The van der Waals surface area contributed by atoms with Gasteiger partial charge in [-0.2, -0.15) is 0 Å². The quantitative estimate of drug-likeness (QED) is 0.442. The number of fused-ring (bicyclic) bond motifs is 1. The maximum Gasteiger partial charge on any atom is 0.339 e. The fraction of sp³-hybridized carbons (Fsp3) is 0.174. The number of rotatable bonds is 7. The molecular weight excluding hydrogens is 403 g/mol. The second-order valence-corrected chi connectivity index (χ2v) is 6.79. The van der Waals surface area contributed by atoms with E-state index in [1.54, 1.807) is 25.1 Å². The molecule has 0 saturated heterocycles. The Morgan fingerprint density at radius 3 is 2.68 bits per heavy atom. The molecule has 0 aliphatic rings. The van der Waals surface area contributed by atoms with Crippen LogP contribution in [0.2, 0.25) is 0 Å². The van der Waals surface area contributed by atoms with E-state index in [2.05, 4.69) is 17.2 Å². The fourth-order valence-corrected chi connectivity index (χ4v) is 3.14. The Balaban J connectivity index is 1.73. The third-order valence-electron chi connectivity index (χ3n) is 4.79. The van der Waals surface area contributed by atoms with Crippen LogP contribution in [-0.4, -0.2) is 18.9 Å². The highest BCUT2D eigenvalue weighted by atomic mass is 19.1. The Labute approximate surface area is 177 Å². The smallest absolute Gasteiger partial charge is 0.339 e. The lowest BCUT2D eigenvalue weighted by molar-refractivity contribution is -0.116. The minimum atomic E-state index is -0.644. The summed E-state index contributed by atoms with van der Waals surface area (Å²) in [6, 6.07) is 9.01. The monoisotopic (exact) mass is 424 g/mol. The van der Waals surface area contributed by atoms with Crippen LogP contribution in [0.1, 0.15) is 17.5 Å². The molecule has 2 aromatic carbocycles. The van der Waals surface area contributed by atoms with E-state index in [-0.39, 0.29) is 24.4 Å². The Morgan fingerprint density at radius 2 is 1.97 bits per heavy atom. The van der Waals surface area contributed by atoms with E-state index in [0.717, 1.165) is 23.1 Å². The molecule has 0 spiro atoms. The van der Waals surface area contributed by atoms with Crippen molar-refractivity contribution in [3.63, 3.8) is 0 Å². The Morgan fingerprint density at radius 1 is 1.19 bits per heavy atom. The number of ether oxygens (including phenoxy) is 1. The molecule has 0 atom stereocenters. The first-order chi connectivity index (χ1) is 14.8. The number of methoxy groups -OCH3 is 1. The van der Waals surface area contributed by atoms with Crippen molar-refractivity contribution in [2.75, 3.05) is 17.7 Å². The standard InChI is InChI=1S/C23H21FN2O5/c1-4-21(27)26-19-11-14(5-9-18(19)24)25-22(28)10-8-17-13(2)16-7-6-15(30-3)12-20(16)31-23(17)29/h4-7,9,11-12H,1,8,10H2,2-3H3,(H,25,28)(H,26,27). The van der Waals surface area contributed by atoms with Gasteiger partial charge in [-0.1, -0.05) is 6.58 Å². The average molecular weight is 424 g/mol. The lowest BCUT2D eigenvalue weighted by Crippen LogP contribution is -2.17. The molecule has 0 saturated carbocycles. The molecule has 0 unspecified atom stereocenters. The zero-order chi connectivity index (χ0) is 22.5. The molecule has 8 heteroatoms. The van der Waals surface area contributed by atoms with Crippen molar-refractivity contribution in [1.82, 2.24) is 0 Å². The van der Waals surface area contributed by atoms with Crippen molar-refractivity contribution in [3.8, 4) is 5.75 Å². The summed E-state index contributed by atoms with van der Waals surface area (Å²) in [4.78, 5) is 36.2. The number of carbonyl (C=O) groups is 2. The van der Waals surface area contributed by atoms with Crippen LogP contribution in [0.4, 0.5) is 15.8 Å². The Bertz CT molecular complexity index is 1230. The van der Waals surface area contributed by atoms with E-state index in [4.69, 9.17) is 9.15 Å². The predicted octanol–water partition coefficient (Wildman–Crippen LogP) is 3.94. The lowest BCUT2D eigenvalue weighted by Gasteiger charge is -2.10. The zero-order valence-electron chi connectivity index (χ0n) is 17.1. The van der Waals surface area contributed by atoms with Gasteiger partial charge in [0.2, 0.25) is 11.8 Å². The molecule has 7 nitrogen and oxygen atoms in total. The van der Waals surface area contributed by atoms with Crippen LogP contribution in [0.25, 0.3) is 11.0 Å². The second kappa shape index (κ2) is 9.25. The Kier molecular flexibility index (Phi) is 6.49. The third kappa shape index (κ3) is 4.98. The van der Waals surface area contributed by atoms with E-state index in [1.807, 2.05) is 0 Å². The molecule has 1 heterocycles. The van der Waals surface area contributed by atoms with Gasteiger partial charge in [-0.05, 0) is 55.3 Å². The molecule has 0 aliphatic carbocycles. The number of aryl methyl sites for hydroxylation is 1. The zero-order valence-corrected chi connectivity index (χ0v) is 17.1. The Hall–Kier alpha value is -3.94. The van der Waals surface area contributed by atoms with Crippen LogP contribution >= 0.6 is 0 Å². The van der Waals surface area contributed by atoms with E-state index < -0.39 is 17.3 Å². The SMILES string of the molecule is C=CC(=O)Nc1cc(NC(=O)CCc2c(C)c3ccc(OC)cc3oc2=O)ccc1F. The minimum Gasteiger partial charge on any atom is -0.497 e. The predicted molar refractivity (Wildman–Crippen MR) is 116 cm³/mol. The molecule has 31 heavy (non-hydrogen) atoms. The molecule has 2 amide bonds. The molecule has 0 bridgehead atoms. The summed E-state index contributed by atoms with van der Waals surface area (Å²) in [5.74, 6) is -1.01. The maximum atomic E-state index is 13.8. The van der Waals surface area contributed by atoms with E-state index >= 15 is 0 Å². The number of hydrogen-bond acceptors (Lipinski definition) is 5. The second-order valence-electron chi connectivity index (χ2n) is 6.79. The lowest BCUT2D eigenvalue weighted by atomic mass is 10.0. The van der Waals surface area contributed by atoms with Crippen LogP contribution < -0.4 is 21.0 Å². The molecule has 0 fully saturated rings. The van der Waals surface area contributed by atoms with Gasteiger partial charge < -0.3 is 19.8 Å². The molecular formula is C23H21FN2O5. The van der Waals surface area contributed by atoms with Gasteiger partial charge in [-0.3, -0.25) is 9.59 Å². The summed E-state index contributed by atoms with van der Waals surface area (Å²) >= 11 is 0. The average Bonchev–Trinajstić information content (AvgIpc) is 2.75. The molecule has 1 aromatic heterocycles. The summed E-state index contributed by atoms with van der Waals surface area (Å²) in [6.45, 7) is 5.11. The van der Waals surface area contributed by atoms with Gasteiger partial charge in [-0.15, -0.1) is 0 Å². The summed E-state index contributed by atoms with van der Waals surface area (Å²) in [6.07, 6.45) is 1.19. The first kappa shape index (κ1) is 21.8. The highest BCUT2D eigenvalue weighted by Gasteiger charge is 2.14. The van der Waals surface area contributed by atoms with Crippen LogP contribution in [0.3, 0.4) is 0 Å². The van der Waals surface area contributed by atoms with E-state index in [9.17, 15) is 18.8 Å². The van der Waals surface area contributed by atoms with Crippen molar-refractivity contribution in [3.05, 3.63) is 76.4 Å². The summed E-state index contributed by atoms with van der Waals surface area (Å²) < 4.78 is 24.4. The molecule has 3 aromatic rings. The largest absolute Gasteiger partial charge is 0.497 e.